The predicted molar refractivity (Wildman–Crippen MR) is 87.2 cm³/mol. The third-order valence-electron chi connectivity index (χ3n) is 3.59. The summed E-state index contributed by atoms with van der Waals surface area (Å²) in [6, 6.07) is 0. The maximum Gasteiger partial charge on any atom is 0.150 e. The molecule has 1 N–H and O–H groups in total. The first-order valence-corrected chi connectivity index (χ1v) is 9.36. The average Bonchev–Trinajstić information content (AvgIpc) is 2.61. The lowest BCUT2D eigenvalue weighted by molar-refractivity contribution is 0.423. The maximum atomic E-state index is 11.5. The maximum absolute atomic E-state index is 11.5. The topological polar surface area (TPSA) is 64.0 Å². The summed E-state index contributed by atoms with van der Waals surface area (Å²) in [6.07, 6.45) is 0.615. The van der Waals surface area contributed by atoms with Crippen LogP contribution in [0.3, 0.4) is 0 Å². The first-order valence-electron chi connectivity index (χ1n) is 7.54. The van der Waals surface area contributed by atoms with Crippen LogP contribution in [0.15, 0.2) is 0 Å². The Labute approximate surface area is 129 Å². The summed E-state index contributed by atoms with van der Waals surface area (Å²) in [5, 5.41) is 8.01. The minimum atomic E-state index is -2.89. The van der Waals surface area contributed by atoms with E-state index in [2.05, 4.69) is 31.2 Å². The van der Waals surface area contributed by atoms with E-state index in [9.17, 15) is 8.42 Å². The lowest BCUT2D eigenvalue weighted by atomic mass is 10.1. The fourth-order valence-electron chi connectivity index (χ4n) is 2.14. The molecule has 0 fully saturated rings. The summed E-state index contributed by atoms with van der Waals surface area (Å²) in [5.74, 6) is 0.447. The van der Waals surface area contributed by atoms with Gasteiger partial charge in [0.05, 0.1) is 11.4 Å². The van der Waals surface area contributed by atoms with Crippen LogP contribution >= 0.6 is 0 Å². The highest BCUT2D eigenvalue weighted by Gasteiger charge is 2.15. The molecule has 0 atom stereocenters. The molecule has 0 radical (unpaired) electrons. The molecule has 1 heterocycles. The Bertz CT molecular complexity index is 568. The molecule has 0 spiro atoms. The van der Waals surface area contributed by atoms with Crippen molar-refractivity contribution in [3.8, 4) is 0 Å². The average molecular weight is 315 g/mol. The normalized spacial score (nSPS) is 12.9. The van der Waals surface area contributed by atoms with E-state index in [4.69, 9.17) is 0 Å². The molecule has 122 valence electrons. The summed E-state index contributed by atoms with van der Waals surface area (Å²) >= 11 is 0. The quantitative estimate of drug-likeness (QED) is 0.838. The molecule has 0 saturated heterocycles. The third-order valence-corrected chi connectivity index (χ3v) is 5.38. The van der Waals surface area contributed by atoms with Crippen molar-refractivity contribution in [3.05, 3.63) is 17.0 Å². The minimum Gasteiger partial charge on any atom is -0.308 e. The second kappa shape index (κ2) is 6.92. The zero-order valence-electron chi connectivity index (χ0n) is 14.2. The van der Waals surface area contributed by atoms with E-state index < -0.39 is 9.84 Å². The van der Waals surface area contributed by atoms with Crippen LogP contribution < -0.4 is 5.32 Å². The molecule has 0 aromatic carbocycles. The van der Waals surface area contributed by atoms with Gasteiger partial charge in [0.25, 0.3) is 0 Å². The third kappa shape index (κ3) is 5.79. The summed E-state index contributed by atoms with van der Waals surface area (Å²) < 4.78 is 25.0. The predicted octanol–water partition coefficient (Wildman–Crippen LogP) is 2.21. The van der Waals surface area contributed by atoms with Gasteiger partial charge in [-0.2, -0.15) is 5.10 Å². The van der Waals surface area contributed by atoms with E-state index in [-0.39, 0.29) is 17.0 Å². The van der Waals surface area contributed by atoms with Gasteiger partial charge in [0.2, 0.25) is 0 Å². The van der Waals surface area contributed by atoms with Gasteiger partial charge in [0.1, 0.15) is 9.84 Å². The molecule has 0 amide bonds. The van der Waals surface area contributed by atoms with Gasteiger partial charge in [-0.1, -0.05) is 6.92 Å². The number of nitrogens with zero attached hydrogens (tertiary/aromatic N) is 2. The van der Waals surface area contributed by atoms with Crippen LogP contribution in [-0.4, -0.2) is 35.2 Å². The van der Waals surface area contributed by atoms with Crippen molar-refractivity contribution in [2.24, 2.45) is 0 Å². The Morgan fingerprint density at radius 1 is 1.24 bits per heavy atom. The van der Waals surface area contributed by atoms with Crippen molar-refractivity contribution in [2.75, 3.05) is 11.5 Å². The van der Waals surface area contributed by atoms with Gasteiger partial charge < -0.3 is 5.32 Å². The first kappa shape index (κ1) is 18.2. The van der Waals surface area contributed by atoms with Crippen molar-refractivity contribution in [1.82, 2.24) is 15.1 Å². The minimum absolute atomic E-state index is 0.0657. The van der Waals surface area contributed by atoms with Crippen molar-refractivity contribution < 1.29 is 8.42 Å². The van der Waals surface area contributed by atoms with E-state index in [1.807, 2.05) is 18.5 Å². The molecule has 1 rings (SSSR count). The van der Waals surface area contributed by atoms with Gasteiger partial charge in [-0.15, -0.1) is 0 Å². The monoisotopic (exact) mass is 315 g/mol. The molecule has 0 unspecified atom stereocenters. The smallest absolute Gasteiger partial charge is 0.150 e. The van der Waals surface area contributed by atoms with Crippen molar-refractivity contribution in [1.29, 1.82) is 0 Å². The van der Waals surface area contributed by atoms with Crippen LogP contribution in [0.25, 0.3) is 0 Å². The Kier molecular flexibility index (Phi) is 5.99. The fourth-order valence-corrected chi connectivity index (χ4v) is 3.00. The van der Waals surface area contributed by atoms with Gasteiger partial charge in [-0.3, -0.25) is 4.68 Å². The molecular weight excluding hydrogens is 286 g/mol. The van der Waals surface area contributed by atoms with Crippen molar-refractivity contribution in [2.45, 2.75) is 66.6 Å². The highest BCUT2D eigenvalue weighted by atomic mass is 32.2. The summed E-state index contributed by atoms with van der Waals surface area (Å²) in [4.78, 5) is 0. The Morgan fingerprint density at radius 3 is 2.38 bits per heavy atom. The largest absolute Gasteiger partial charge is 0.308 e. The number of nitrogens with one attached hydrogen (secondary N) is 1. The number of hydrogen-bond donors (Lipinski definition) is 1. The zero-order valence-corrected chi connectivity index (χ0v) is 15.0. The van der Waals surface area contributed by atoms with Crippen LogP contribution in [0, 0.1) is 13.8 Å². The molecule has 1 aromatic rings. The second-order valence-corrected chi connectivity index (χ2v) is 9.04. The van der Waals surface area contributed by atoms with Crippen LogP contribution in [0.5, 0.6) is 0 Å². The molecule has 6 heteroatoms. The second-order valence-electron chi connectivity index (χ2n) is 6.57. The first-order chi connectivity index (χ1) is 9.56. The van der Waals surface area contributed by atoms with Gasteiger partial charge in [-0.05, 0) is 41.0 Å². The zero-order chi connectivity index (χ0) is 16.3. The number of hydrogen-bond acceptors (Lipinski definition) is 4. The van der Waals surface area contributed by atoms with E-state index in [1.54, 1.807) is 6.92 Å². The van der Waals surface area contributed by atoms with E-state index in [0.717, 1.165) is 17.9 Å². The molecule has 0 aliphatic rings. The highest BCUT2D eigenvalue weighted by Crippen LogP contribution is 2.15. The lowest BCUT2D eigenvalue weighted by Crippen LogP contribution is -2.35. The molecular formula is C15H29N3O2S. The molecule has 0 aliphatic heterocycles. The summed E-state index contributed by atoms with van der Waals surface area (Å²) in [6.45, 7) is 13.6. The molecule has 1 aromatic heterocycles. The Balaban J connectivity index is 2.69. The van der Waals surface area contributed by atoms with Crippen LogP contribution in [0.1, 0.15) is 51.1 Å². The Hall–Kier alpha value is -0.880. The number of aromatic nitrogens is 2. The van der Waals surface area contributed by atoms with Crippen LogP contribution in [0.2, 0.25) is 0 Å². The SMILES string of the molecule is CCS(=O)(=O)CCCn1nc(C)c(CNC(C)(C)C)c1C. The van der Waals surface area contributed by atoms with E-state index >= 15 is 0 Å². The van der Waals surface area contributed by atoms with E-state index in [0.29, 0.717) is 13.0 Å². The molecule has 0 saturated carbocycles. The molecule has 0 bridgehead atoms. The van der Waals surface area contributed by atoms with Gasteiger partial charge in [0, 0.05) is 35.6 Å². The fraction of sp³-hybridized carbons (Fsp3) is 0.800. The lowest BCUT2D eigenvalue weighted by Gasteiger charge is -2.20. The van der Waals surface area contributed by atoms with Crippen molar-refractivity contribution >= 4 is 9.84 Å². The van der Waals surface area contributed by atoms with Crippen LogP contribution in [-0.2, 0) is 22.9 Å². The molecule has 21 heavy (non-hydrogen) atoms. The van der Waals surface area contributed by atoms with Gasteiger partial charge in [0.15, 0.2) is 0 Å². The van der Waals surface area contributed by atoms with E-state index in [1.165, 1.54) is 5.56 Å². The number of aryl methyl sites for hydroxylation is 2. The molecule has 5 nitrogen and oxygen atoms in total. The highest BCUT2D eigenvalue weighted by molar-refractivity contribution is 7.91. The van der Waals surface area contributed by atoms with Crippen LogP contribution in [0.4, 0.5) is 0 Å². The standard InChI is InChI=1S/C15H29N3O2S/c1-7-21(19,20)10-8-9-18-13(3)14(12(2)17-18)11-16-15(4,5)6/h16H,7-11H2,1-6H3. The van der Waals surface area contributed by atoms with Gasteiger partial charge in [-0.25, -0.2) is 8.42 Å². The Morgan fingerprint density at radius 2 is 1.86 bits per heavy atom. The summed E-state index contributed by atoms with van der Waals surface area (Å²) in [7, 11) is -2.89. The molecule has 0 aliphatic carbocycles. The van der Waals surface area contributed by atoms with Gasteiger partial charge >= 0.3 is 0 Å². The summed E-state index contributed by atoms with van der Waals surface area (Å²) in [5.41, 5.74) is 3.42. The number of rotatable bonds is 7. The number of sulfone groups is 1. The van der Waals surface area contributed by atoms with Crippen molar-refractivity contribution in [3.63, 3.8) is 0 Å².